The third-order valence-electron chi connectivity index (χ3n) is 11.4. The molecule has 5 heterocycles. The summed E-state index contributed by atoms with van der Waals surface area (Å²) in [6, 6.07) is 12.3. The Morgan fingerprint density at radius 3 is 2.44 bits per heavy atom. The summed E-state index contributed by atoms with van der Waals surface area (Å²) in [5.74, 6) is -0.909. The SMILES string of the molecule is Cc1cc2nn(C3CCC(CN4CCN(c5cccc6c5n(C)c(=O)n6[C@@H]5CCC(=O)NC5=O)CC4)CC3)cc2cc1NC(=O)c1cccc(C(F)(F)F)n1. The maximum Gasteiger partial charge on any atom is 0.433 e. The fourth-order valence-electron chi connectivity index (χ4n) is 8.45. The number of alkyl halides is 3. The van der Waals surface area contributed by atoms with E-state index in [1.165, 1.54) is 16.7 Å². The molecule has 5 aromatic rings. The van der Waals surface area contributed by atoms with Crippen LogP contribution in [0.3, 0.4) is 0 Å². The number of imidazole rings is 1. The van der Waals surface area contributed by atoms with Crippen LogP contribution in [0.1, 0.15) is 72.4 Å². The van der Waals surface area contributed by atoms with Gasteiger partial charge in [-0.2, -0.15) is 18.3 Å². The Balaban J connectivity index is 0.868. The van der Waals surface area contributed by atoms with Gasteiger partial charge < -0.3 is 10.2 Å². The van der Waals surface area contributed by atoms with Crippen molar-refractivity contribution in [3.05, 3.63) is 82.2 Å². The number of anilines is 2. The first-order chi connectivity index (χ1) is 26.3. The fourth-order valence-corrected chi connectivity index (χ4v) is 8.45. The molecule has 1 atom stereocenters. The second kappa shape index (κ2) is 14.3. The highest BCUT2D eigenvalue weighted by atomic mass is 19.4. The molecule has 3 fully saturated rings. The number of hydrogen-bond acceptors (Lipinski definition) is 8. The van der Waals surface area contributed by atoms with E-state index in [0.29, 0.717) is 23.5 Å². The number of nitrogens with one attached hydrogen (secondary N) is 2. The number of carbonyl (C=O) groups is 3. The topological polar surface area (TPSA) is 139 Å². The number of halogens is 3. The van der Waals surface area contributed by atoms with Crippen LogP contribution in [-0.4, -0.2) is 79.2 Å². The number of rotatable bonds is 7. The smallest absolute Gasteiger partial charge is 0.367 e. The summed E-state index contributed by atoms with van der Waals surface area (Å²) in [6.45, 7) is 6.24. The van der Waals surface area contributed by atoms with Crippen LogP contribution in [0.2, 0.25) is 0 Å². The minimum atomic E-state index is -4.65. The number of nitrogens with zero attached hydrogens (tertiary/aromatic N) is 7. The van der Waals surface area contributed by atoms with Gasteiger partial charge in [0.1, 0.15) is 17.4 Å². The number of fused-ring (bicyclic) bond motifs is 2. The van der Waals surface area contributed by atoms with Gasteiger partial charge in [-0.3, -0.25) is 38.4 Å². The van der Waals surface area contributed by atoms with E-state index in [2.05, 4.69) is 25.4 Å². The van der Waals surface area contributed by atoms with Crippen molar-refractivity contribution < 1.29 is 27.6 Å². The lowest BCUT2D eigenvalue weighted by Crippen LogP contribution is -2.48. The van der Waals surface area contributed by atoms with Crippen molar-refractivity contribution in [1.29, 1.82) is 0 Å². The fraction of sp³-hybridized carbons (Fsp3) is 0.436. The van der Waals surface area contributed by atoms with Crippen LogP contribution >= 0.6 is 0 Å². The number of benzene rings is 2. The zero-order chi connectivity index (χ0) is 38.6. The molecule has 13 nitrogen and oxygen atoms in total. The maximum absolute atomic E-state index is 13.4. The summed E-state index contributed by atoms with van der Waals surface area (Å²) >= 11 is 0. The molecule has 2 aliphatic heterocycles. The van der Waals surface area contributed by atoms with Crippen molar-refractivity contribution in [2.75, 3.05) is 42.9 Å². The maximum atomic E-state index is 13.4. The summed E-state index contributed by atoms with van der Waals surface area (Å²) in [6.07, 6.45) is 1.94. The number of hydrogen-bond donors (Lipinski definition) is 2. The van der Waals surface area contributed by atoms with Crippen LogP contribution in [-0.2, 0) is 22.8 Å². The Bertz CT molecular complexity index is 2370. The number of aryl methyl sites for hydroxylation is 2. The minimum absolute atomic E-state index is 0.198. The van der Waals surface area contributed by atoms with E-state index >= 15 is 0 Å². The summed E-state index contributed by atoms with van der Waals surface area (Å²) in [5, 5.41) is 10.8. The van der Waals surface area contributed by atoms with Gasteiger partial charge in [0, 0.05) is 63.5 Å². The van der Waals surface area contributed by atoms with Crippen LogP contribution < -0.4 is 21.2 Å². The van der Waals surface area contributed by atoms with E-state index in [4.69, 9.17) is 5.10 Å². The Kier molecular flexibility index (Phi) is 9.47. The van der Waals surface area contributed by atoms with Crippen molar-refractivity contribution in [2.45, 2.75) is 63.7 Å². The van der Waals surface area contributed by atoms with Crippen molar-refractivity contribution in [2.24, 2.45) is 13.0 Å². The molecule has 0 radical (unpaired) electrons. The predicted molar refractivity (Wildman–Crippen MR) is 200 cm³/mol. The van der Waals surface area contributed by atoms with E-state index in [-0.39, 0.29) is 29.8 Å². The number of imide groups is 1. The summed E-state index contributed by atoms with van der Waals surface area (Å²) in [7, 11) is 1.73. The van der Waals surface area contributed by atoms with E-state index < -0.39 is 29.7 Å². The molecule has 1 saturated carbocycles. The molecule has 288 valence electrons. The van der Waals surface area contributed by atoms with Crippen LogP contribution in [0.4, 0.5) is 24.5 Å². The first-order valence-corrected chi connectivity index (χ1v) is 18.7. The van der Waals surface area contributed by atoms with Gasteiger partial charge in [0.2, 0.25) is 11.8 Å². The highest BCUT2D eigenvalue weighted by molar-refractivity contribution is 6.04. The van der Waals surface area contributed by atoms with Gasteiger partial charge in [-0.1, -0.05) is 12.1 Å². The van der Waals surface area contributed by atoms with Crippen molar-refractivity contribution >= 4 is 51.0 Å². The Morgan fingerprint density at radius 1 is 0.964 bits per heavy atom. The molecule has 0 unspecified atom stereocenters. The lowest BCUT2D eigenvalue weighted by Gasteiger charge is -2.39. The zero-order valence-electron chi connectivity index (χ0n) is 30.6. The Morgan fingerprint density at radius 2 is 1.71 bits per heavy atom. The molecular weight excluding hydrogens is 715 g/mol. The van der Waals surface area contributed by atoms with E-state index in [0.717, 1.165) is 92.1 Å². The molecule has 2 N–H and O–H groups in total. The standard InChI is InChI=1S/C39H42F3N9O4/c1-23-19-29-25(20-28(23)44-36(53)27-5-3-8-33(43-27)39(40,41)42)22-50(46-29)26-11-9-24(10-12-26)21-48-15-17-49(18-16-48)30-6-4-7-31-35(30)47(2)38(55)51(31)32-13-14-34(52)45-37(32)54/h3-8,19-20,22,24,26,32H,9-18,21H2,1-2H3,(H,44,53)(H,45,52,54)/t24?,26?,32-/m1/s1. The third-order valence-corrected chi connectivity index (χ3v) is 11.4. The lowest BCUT2D eigenvalue weighted by atomic mass is 9.85. The average Bonchev–Trinajstić information content (AvgIpc) is 3.69. The Labute approximate surface area is 314 Å². The largest absolute Gasteiger partial charge is 0.433 e. The van der Waals surface area contributed by atoms with Gasteiger partial charge >= 0.3 is 11.9 Å². The summed E-state index contributed by atoms with van der Waals surface area (Å²) in [5.41, 5.74) is 2.77. The van der Waals surface area contributed by atoms with Crippen LogP contribution in [0.25, 0.3) is 21.9 Å². The van der Waals surface area contributed by atoms with E-state index in [1.54, 1.807) is 17.7 Å². The van der Waals surface area contributed by atoms with Crippen LogP contribution in [0, 0.1) is 12.8 Å². The number of pyridine rings is 1. The van der Waals surface area contributed by atoms with Gasteiger partial charge in [-0.15, -0.1) is 0 Å². The second-order valence-electron chi connectivity index (χ2n) is 15.0. The average molecular weight is 758 g/mol. The highest BCUT2D eigenvalue weighted by Gasteiger charge is 2.34. The molecule has 3 aliphatic rings. The molecule has 1 aliphatic carbocycles. The number of para-hydroxylation sites is 1. The molecule has 16 heteroatoms. The number of piperidine rings is 1. The number of aromatic nitrogens is 5. The number of piperazine rings is 1. The lowest BCUT2D eigenvalue weighted by molar-refractivity contribution is -0.141. The van der Waals surface area contributed by atoms with Gasteiger partial charge in [0.05, 0.1) is 28.3 Å². The molecule has 0 spiro atoms. The van der Waals surface area contributed by atoms with Crippen molar-refractivity contribution in [3.63, 3.8) is 0 Å². The van der Waals surface area contributed by atoms with E-state index in [1.807, 2.05) is 42.1 Å². The molecular formula is C39H42F3N9O4. The normalized spacial score (nSPS) is 21.3. The van der Waals surface area contributed by atoms with Gasteiger partial charge in [0.25, 0.3) is 5.91 Å². The summed E-state index contributed by atoms with van der Waals surface area (Å²) in [4.78, 5) is 59.0. The van der Waals surface area contributed by atoms with E-state index in [9.17, 15) is 32.3 Å². The quantitative estimate of drug-likeness (QED) is 0.216. The van der Waals surface area contributed by atoms with Crippen LogP contribution in [0.15, 0.2) is 59.5 Å². The van der Waals surface area contributed by atoms with Gasteiger partial charge in [-0.25, -0.2) is 9.78 Å². The highest BCUT2D eigenvalue weighted by Crippen LogP contribution is 2.35. The molecule has 2 aromatic carbocycles. The van der Waals surface area contributed by atoms with Gasteiger partial charge in [0.15, 0.2) is 0 Å². The molecule has 3 aromatic heterocycles. The summed E-state index contributed by atoms with van der Waals surface area (Å²) < 4.78 is 44.6. The molecule has 3 amide bonds. The third kappa shape index (κ3) is 7.10. The molecule has 8 rings (SSSR count). The van der Waals surface area contributed by atoms with Crippen molar-refractivity contribution in [1.82, 2.24) is 34.1 Å². The first-order valence-electron chi connectivity index (χ1n) is 18.7. The first kappa shape index (κ1) is 36.5. The second-order valence-corrected chi connectivity index (χ2v) is 15.0. The van der Waals surface area contributed by atoms with Crippen molar-refractivity contribution in [3.8, 4) is 0 Å². The number of amides is 3. The molecule has 55 heavy (non-hydrogen) atoms. The predicted octanol–water partition coefficient (Wildman–Crippen LogP) is 5.20. The Hall–Kier alpha value is -5.51. The molecule has 0 bridgehead atoms. The van der Waals surface area contributed by atoms with Crippen LogP contribution in [0.5, 0.6) is 0 Å². The molecule has 2 saturated heterocycles. The zero-order valence-corrected chi connectivity index (χ0v) is 30.6. The monoisotopic (exact) mass is 757 g/mol. The minimum Gasteiger partial charge on any atom is -0.367 e. The number of carbonyl (C=O) groups excluding carboxylic acids is 3. The van der Waals surface area contributed by atoms with Gasteiger partial charge in [-0.05, 0) is 86.9 Å².